The third kappa shape index (κ3) is 13.0. The Labute approximate surface area is 519 Å². The van der Waals surface area contributed by atoms with Crippen molar-refractivity contribution in [2.45, 2.75) is 30.6 Å². The number of carbonyl (C=O) groups excluding carboxylic acids is 1. The van der Waals surface area contributed by atoms with Crippen LogP contribution in [-0.2, 0) is 20.0 Å². The van der Waals surface area contributed by atoms with Crippen LogP contribution < -0.4 is 5.32 Å². The molecule has 0 aliphatic rings. The Kier molecular flexibility index (Phi) is 18.3. The number of aliphatic hydroxyl groups excluding tert-OH is 1. The molecule has 0 radical (unpaired) electrons. The van der Waals surface area contributed by atoms with E-state index in [2.05, 4.69) is 40.2 Å². The molecule has 1 amide bonds. The molecule has 0 aliphatic heterocycles. The molecule has 0 bridgehead atoms. The van der Waals surface area contributed by atoms with Crippen molar-refractivity contribution in [3.63, 3.8) is 0 Å². The van der Waals surface area contributed by atoms with Gasteiger partial charge < -0.3 is 25.4 Å². The van der Waals surface area contributed by atoms with Gasteiger partial charge in [0.2, 0.25) is 20.0 Å². The normalized spacial score (nSPS) is 11.7. The lowest BCUT2D eigenvalue weighted by Crippen LogP contribution is -2.27. The third-order valence-electron chi connectivity index (χ3n) is 14.7. The molecule has 0 saturated heterocycles. The van der Waals surface area contributed by atoms with Crippen LogP contribution in [0, 0.1) is 49.9 Å². The molecule has 7 heterocycles. The maximum Gasteiger partial charge on any atom is 0.269 e. The summed E-state index contributed by atoms with van der Waals surface area (Å²) in [6, 6.07) is 34.3. The summed E-state index contributed by atoms with van der Waals surface area (Å²) in [5.41, 5.74) is 10.3. The van der Waals surface area contributed by atoms with E-state index >= 15 is 0 Å². The molecule has 0 spiro atoms. The van der Waals surface area contributed by atoms with Crippen molar-refractivity contribution < 1.29 is 48.7 Å². The average molecular weight is 1280 g/mol. The molecule has 5 aromatic carbocycles. The molecule has 0 saturated carbocycles. The molecule has 0 fully saturated rings. The number of H-pyrrole nitrogens is 3. The number of sulfonamides is 2. The van der Waals surface area contributed by atoms with Gasteiger partial charge in [-0.05, 0) is 152 Å². The number of aliphatic hydroxyl groups is 1. The maximum absolute atomic E-state index is 14.3. The Morgan fingerprint density at radius 2 is 0.856 bits per heavy atom. The average Bonchev–Trinajstić information content (AvgIpc) is 2.52. The quantitative estimate of drug-likeness (QED) is 0.0687. The van der Waals surface area contributed by atoms with E-state index in [1.165, 1.54) is 75.0 Å². The van der Waals surface area contributed by atoms with Crippen LogP contribution >= 0.6 is 11.6 Å². The van der Waals surface area contributed by atoms with E-state index in [0.717, 1.165) is 59.8 Å². The highest BCUT2D eigenvalue weighted by Crippen LogP contribution is 2.37. The van der Waals surface area contributed by atoms with Crippen LogP contribution in [-0.4, -0.2) is 113 Å². The molecule has 7 aromatic heterocycles. The van der Waals surface area contributed by atoms with Crippen molar-refractivity contribution in [1.29, 1.82) is 0 Å². The van der Waals surface area contributed by atoms with Gasteiger partial charge in [0.25, 0.3) is 5.91 Å². The molecule has 90 heavy (non-hydrogen) atoms. The molecular weight excluding hydrogens is 1220 g/mol. The van der Waals surface area contributed by atoms with Crippen LogP contribution in [0.2, 0.25) is 5.02 Å². The van der Waals surface area contributed by atoms with Crippen molar-refractivity contribution >= 4 is 70.7 Å². The van der Waals surface area contributed by atoms with Crippen molar-refractivity contribution in [3.8, 4) is 67.2 Å². The predicted octanol–water partition coefficient (Wildman–Crippen LogP) is 13.6. The molecule has 16 nitrogen and oxygen atoms in total. The molecule has 0 unspecified atom stereocenters. The topological polar surface area (TPSA) is 223 Å². The molecule has 0 atom stereocenters. The number of pyridine rings is 4. The van der Waals surface area contributed by atoms with Gasteiger partial charge in [-0.15, -0.1) is 0 Å². The van der Waals surface area contributed by atoms with Crippen LogP contribution in [0.25, 0.3) is 100 Å². The largest absolute Gasteiger partial charge is 0.395 e. The molecule has 0 aliphatic carbocycles. The van der Waals surface area contributed by atoms with E-state index in [4.69, 9.17) is 16.7 Å². The second kappa shape index (κ2) is 25.9. The van der Waals surface area contributed by atoms with Gasteiger partial charge in [-0.1, -0.05) is 41.9 Å². The number of aryl methyl sites for hydroxylation is 3. The van der Waals surface area contributed by atoms with Gasteiger partial charge in [-0.3, -0.25) is 9.78 Å². The first-order valence-corrected chi connectivity index (χ1v) is 30.8. The highest BCUT2D eigenvalue weighted by Gasteiger charge is 2.23. The van der Waals surface area contributed by atoms with E-state index in [9.17, 15) is 43.6 Å². The van der Waals surface area contributed by atoms with E-state index in [1.54, 1.807) is 97.6 Å². The molecule has 5 N–H and O–H groups in total. The zero-order chi connectivity index (χ0) is 64.5. The number of nitrogens with zero attached hydrogens (tertiary/aromatic N) is 6. The molecule has 12 rings (SSSR count). The van der Waals surface area contributed by atoms with Crippen LogP contribution in [0.15, 0.2) is 168 Å². The Morgan fingerprint density at radius 3 is 1.22 bits per heavy atom. The predicted molar refractivity (Wildman–Crippen MR) is 339 cm³/mol. The Hall–Kier alpha value is -9.49. The zero-order valence-corrected chi connectivity index (χ0v) is 51.6. The number of benzene rings is 5. The lowest BCUT2D eigenvalue weighted by molar-refractivity contribution is 0.0939. The van der Waals surface area contributed by atoms with Crippen LogP contribution in [0.1, 0.15) is 27.2 Å². The maximum atomic E-state index is 14.3. The van der Waals surface area contributed by atoms with Gasteiger partial charge in [0.05, 0.1) is 55.2 Å². The summed E-state index contributed by atoms with van der Waals surface area (Å²) in [5, 5.41) is 13.9. The number of aromatic nitrogens is 7. The number of rotatable bonds is 13. The SMILES string of the molecule is Cc1cc(C(=O)NCCO)ncc1-c1cnc2[nH]c(-c3c(F)cccc3F)cc2c1.Cc1cc(S(=O)(=O)N(C)C)ccc1-c1cnc2[nH]c(-c3c(F)cccc3Cl)cc2c1.Cc1cc(S(=O)(=O)N(C)C)ccc1-c1cnc2[nH]c(-c3c(F)cccc3F)cc2c1. The standard InChI is InChI=1S/C22H19ClFN3O2S.C22H18F2N4O2.C22H19F2N3O2S/c1-13-9-16(30(28,29)27(2)3)7-8-17(13)15-10-14-11-20(26-22(14)25-12-15)21-18(23)5-4-6-19(21)24;1-12-7-19(22(30)25-5-6-29)26-11-15(12)14-8-13-9-18(28-21(13)27-10-14)20-16(23)3-2-4-17(20)24;1-13-9-16(30(28,29)27(2)3)7-8-17(13)15-10-14-11-20(26-22(14)25-12-15)21-18(23)5-4-6-19(21)24/h4-12H,1-3H3,(H,25,26);2-4,7-11,29H,5-6H2,1H3,(H,25,30)(H,27,28);4-12H,1-3H3,(H,25,26). The molecule has 24 heteroatoms. The minimum Gasteiger partial charge on any atom is -0.395 e. The highest BCUT2D eigenvalue weighted by atomic mass is 35.5. The lowest BCUT2D eigenvalue weighted by Gasteiger charge is -2.13. The minimum atomic E-state index is -3.53. The highest BCUT2D eigenvalue weighted by molar-refractivity contribution is 7.89. The fourth-order valence-corrected chi connectivity index (χ4v) is 12.3. The summed E-state index contributed by atoms with van der Waals surface area (Å²) in [6.45, 7) is 5.53. The van der Waals surface area contributed by atoms with Crippen molar-refractivity contribution in [1.82, 2.24) is 48.8 Å². The van der Waals surface area contributed by atoms with Crippen LogP contribution in [0.4, 0.5) is 22.0 Å². The number of amides is 1. The van der Waals surface area contributed by atoms with E-state index in [-0.39, 0.29) is 45.7 Å². The summed E-state index contributed by atoms with van der Waals surface area (Å²) in [4.78, 5) is 38.9. The minimum absolute atomic E-state index is 0.131. The van der Waals surface area contributed by atoms with Crippen molar-refractivity contribution in [2.75, 3.05) is 41.3 Å². The summed E-state index contributed by atoms with van der Waals surface area (Å²) in [6.07, 6.45) is 6.56. The van der Waals surface area contributed by atoms with Gasteiger partial charge in [0, 0.05) is 97.9 Å². The molecule has 460 valence electrons. The van der Waals surface area contributed by atoms with E-state index in [0.29, 0.717) is 55.4 Å². The van der Waals surface area contributed by atoms with Gasteiger partial charge >= 0.3 is 0 Å². The number of aromatic amines is 3. The van der Waals surface area contributed by atoms with Gasteiger partial charge in [0.1, 0.15) is 51.7 Å². The second-order valence-electron chi connectivity index (χ2n) is 21.2. The first-order chi connectivity index (χ1) is 42.8. The number of carbonyl (C=O) groups is 1. The van der Waals surface area contributed by atoms with Gasteiger partial charge in [0.15, 0.2) is 0 Å². The molecular formula is C66H56ClF5N10O6S2. The summed E-state index contributed by atoms with van der Waals surface area (Å²) in [5.74, 6) is -3.41. The van der Waals surface area contributed by atoms with Crippen molar-refractivity contribution in [3.05, 3.63) is 215 Å². The number of hydrogen-bond acceptors (Lipinski definition) is 10. The summed E-state index contributed by atoms with van der Waals surface area (Å²) in [7, 11) is -1.06. The first-order valence-electron chi connectivity index (χ1n) is 27.6. The number of halogens is 6. The van der Waals surface area contributed by atoms with Crippen LogP contribution in [0.5, 0.6) is 0 Å². The third-order valence-corrected chi connectivity index (χ3v) is 18.7. The smallest absolute Gasteiger partial charge is 0.269 e. The fraction of sp³-hybridized carbons (Fsp3) is 0.136. The van der Waals surface area contributed by atoms with E-state index in [1.807, 2.05) is 39.0 Å². The van der Waals surface area contributed by atoms with Crippen molar-refractivity contribution in [2.24, 2.45) is 0 Å². The Morgan fingerprint density at radius 1 is 0.489 bits per heavy atom. The Bertz CT molecular complexity index is 4730. The first kappa shape index (κ1) is 63.5. The summed E-state index contributed by atoms with van der Waals surface area (Å²) >= 11 is 6.18. The summed E-state index contributed by atoms with van der Waals surface area (Å²) < 4.78 is 123. The monoisotopic (exact) mass is 1280 g/mol. The lowest BCUT2D eigenvalue weighted by atomic mass is 10.0. The van der Waals surface area contributed by atoms with Crippen LogP contribution in [0.3, 0.4) is 0 Å². The molecule has 12 aromatic rings. The number of nitrogens with one attached hydrogen (secondary N) is 4. The van der Waals surface area contributed by atoms with Gasteiger partial charge in [-0.2, -0.15) is 0 Å². The zero-order valence-electron chi connectivity index (χ0n) is 49.2. The van der Waals surface area contributed by atoms with E-state index < -0.39 is 49.1 Å². The Balaban J connectivity index is 0.000000148. The number of fused-ring (bicyclic) bond motifs is 3. The van der Waals surface area contributed by atoms with Gasteiger partial charge in [-0.25, -0.2) is 62.4 Å². The number of hydrogen-bond donors (Lipinski definition) is 5. The second-order valence-corrected chi connectivity index (χ2v) is 25.9. The fourth-order valence-electron chi connectivity index (χ4n) is 10.1.